The SMILES string of the molecule is C=C(CC(=C)[P+](C)(C)C)C[C@@H](C)CC. The molecule has 0 saturated carbocycles. The molecule has 0 aromatic heterocycles. The van der Waals surface area contributed by atoms with Gasteiger partial charge in [0.15, 0.2) is 0 Å². The summed E-state index contributed by atoms with van der Waals surface area (Å²) in [5.41, 5.74) is 1.36. The van der Waals surface area contributed by atoms with Gasteiger partial charge in [-0.2, -0.15) is 0 Å². The monoisotopic (exact) mass is 213 g/mol. The summed E-state index contributed by atoms with van der Waals surface area (Å²) in [4.78, 5) is 0. The van der Waals surface area contributed by atoms with E-state index in [1.807, 2.05) is 0 Å². The molecule has 0 aliphatic carbocycles. The summed E-state index contributed by atoms with van der Waals surface area (Å²) in [5.74, 6) is 0.772. The van der Waals surface area contributed by atoms with Gasteiger partial charge in [-0.15, -0.1) is 0 Å². The van der Waals surface area contributed by atoms with E-state index in [9.17, 15) is 0 Å². The van der Waals surface area contributed by atoms with Crippen LogP contribution in [0.1, 0.15) is 33.1 Å². The fourth-order valence-electron chi connectivity index (χ4n) is 1.24. The van der Waals surface area contributed by atoms with Crippen LogP contribution in [0.2, 0.25) is 0 Å². The van der Waals surface area contributed by atoms with Crippen molar-refractivity contribution < 1.29 is 0 Å². The molecule has 14 heavy (non-hydrogen) atoms. The number of allylic oxidation sites excluding steroid dienone is 2. The maximum atomic E-state index is 4.19. The Bertz CT molecular complexity index is 208. The maximum absolute atomic E-state index is 4.19. The first-order chi connectivity index (χ1) is 6.27. The summed E-state index contributed by atoms with van der Waals surface area (Å²) in [6, 6.07) is 0. The zero-order valence-electron chi connectivity index (χ0n) is 10.6. The number of rotatable bonds is 6. The topological polar surface area (TPSA) is 0 Å². The lowest BCUT2D eigenvalue weighted by atomic mass is 9.98. The molecule has 0 amide bonds. The van der Waals surface area contributed by atoms with Crippen molar-refractivity contribution in [2.45, 2.75) is 33.1 Å². The van der Waals surface area contributed by atoms with Crippen LogP contribution in [0.15, 0.2) is 24.0 Å². The van der Waals surface area contributed by atoms with Crippen LogP contribution in [0.5, 0.6) is 0 Å². The first-order valence-electron chi connectivity index (χ1n) is 5.43. The van der Waals surface area contributed by atoms with E-state index in [0.29, 0.717) is 0 Å². The van der Waals surface area contributed by atoms with Gasteiger partial charge in [-0.05, 0) is 12.3 Å². The molecule has 0 nitrogen and oxygen atoms in total. The van der Waals surface area contributed by atoms with Crippen molar-refractivity contribution >= 4 is 7.26 Å². The van der Waals surface area contributed by atoms with Crippen molar-refractivity contribution in [1.82, 2.24) is 0 Å². The Labute approximate surface area is 90.8 Å². The molecule has 1 atom stereocenters. The predicted octanol–water partition coefficient (Wildman–Crippen LogP) is 4.79. The van der Waals surface area contributed by atoms with Crippen LogP contribution < -0.4 is 0 Å². The Morgan fingerprint density at radius 3 is 2.07 bits per heavy atom. The standard InChI is InChI=1S/C13H26P/c1-8-11(2)9-12(3)10-13(4)14(5,6)7/h11H,3-4,8-10H2,1-2,5-7H3/q+1/t11-/m0/s1. The van der Waals surface area contributed by atoms with Crippen LogP contribution in [0, 0.1) is 5.92 Å². The lowest BCUT2D eigenvalue weighted by molar-refractivity contribution is 0.553. The third-order valence-electron chi connectivity index (χ3n) is 2.74. The molecule has 82 valence electrons. The Morgan fingerprint density at radius 2 is 1.71 bits per heavy atom. The van der Waals surface area contributed by atoms with Gasteiger partial charge in [-0.3, -0.25) is 0 Å². The fourth-order valence-corrected chi connectivity index (χ4v) is 1.93. The molecule has 0 rings (SSSR count). The average Bonchev–Trinajstić information content (AvgIpc) is 2.02. The highest BCUT2D eigenvalue weighted by atomic mass is 31.2. The van der Waals surface area contributed by atoms with Gasteiger partial charge < -0.3 is 0 Å². The smallest absolute Gasteiger partial charge is 0.0675 e. The lowest BCUT2D eigenvalue weighted by Crippen LogP contribution is -1.97. The fraction of sp³-hybridized carbons (Fsp3) is 0.692. The molecule has 0 fully saturated rings. The quantitative estimate of drug-likeness (QED) is 0.439. The molecule has 0 N–H and O–H groups in total. The van der Waals surface area contributed by atoms with Gasteiger partial charge in [-0.25, -0.2) is 0 Å². The second kappa shape index (κ2) is 5.71. The van der Waals surface area contributed by atoms with Crippen molar-refractivity contribution in [3.63, 3.8) is 0 Å². The Hall–Kier alpha value is -0.0900. The van der Waals surface area contributed by atoms with Crippen molar-refractivity contribution in [2.75, 3.05) is 20.0 Å². The average molecular weight is 213 g/mol. The van der Waals surface area contributed by atoms with Crippen LogP contribution in [0.3, 0.4) is 0 Å². The summed E-state index contributed by atoms with van der Waals surface area (Å²) in [5, 5.41) is 1.41. The minimum atomic E-state index is -0.868. The van der Waals surface area contributed by atoms with Gasteiger partial charge in [0.1, 0.15) is 0 Å². The number of hydrogen-bond acceptors (Lipinski definition) is 0. The van der Waals surface area contributed by atoms with Crippen LogP contribution in [0.25, 0.3) is 0 Å². The summed E-state index contributed by atoms with van der Waals surface area (Å²) < 4.78 is 0. The van der Waals surface area contributed by atoms with Crippen molar-refractivity contribution in [2.24, 2.45) is 5.92 Å². The molecule has 0 radical (unpaired) electrons. The van der Waals surface area contributed by atoms with E-state index >= 15 is 0 Å². The van der Waals surface area contributed by atoms with E-state index in [-0.39, 0.29) is 0 Å². The zero-order chi connectivity index (χ0) is 11.4. The maximum Gasteiger partial charge on any atom is 0.0675 e. The molecule has 0 aliphatic rings. The molecule has 1 heteroatoms. The first kappa shape index (κ1) is 13.9. The highest BCUT2D eigenvalue weighted by Crippen LogP contribution is 2.56. The zero-order valence-corrected chi connectivity index (χ0v) is 11.5. The second-order valence-corrected chi connectivity index (χ2v) is 9.88. The van der Waals surface area contributed by atoms with E-state index in [4.69, 9.17) is 0 Å². The van der Waals surface area contributed by atoms with Crippen LogP contribution in [-0.4, -0.2) is 20.0 Å². The largest absolute Gasteiger partial charge is 0.0994 e. The molecule has 0 heterocycles. The molecule has 0 aromatic carbocycles. The van der Waals surface area contributed by atoms with Crippen LogP contribution in [-0.2, 0) is 0 Å². The molecule has 0 saturated heterocycles. The molecule has 0 aliphatic heterocycles. The normalized spacial score (nSPS) is 13.8. The minimum Gasteiger partial charge on any atom is -0.0994 e. The highest BCUT2D eigenvalue weighted by molar-refractivity contribution is 7.77. The van der Waals surface area contributed by atoms with E-state index in [1.54, 1.807) is 0 Å². The minimum absolute atomic E-state index is 0.772. The first-order valence-corrected chi connectivity index (χ1v) is 8.56. The van der Waals surface area contributed by atoms with Gasteiger partial charge in [0, 0.05) is 13.7 Å². The van der Waals surface area contributed by atoms with Gasteiger partial charge >= 0.3 is 0 Å². The van der Waals surface area contributed by atoms with Crippen LogP contribution >= 0.6 is 7.26 Å². The molecule has 0 bridgehead atoms. The van der Waals surface area contributed by atoms with E-state index in [0.717, 1.165) is 18.8 Å². The molecule has 0 spiro atoms. The van der Waals surface area contributed by atoms with Gasteiger partial charge in [0.05, 0.1) is 25.3 Å². The van der Waals surface area contributed by atoms with Crippen molar-refractivity contribution in [1.29, 1.82) is 0 Å². The molecular formula is C13H26P+. The Kier molecular flexibility index (Phi) is 5.67. The molecule has 0 aromatic rings. The van der Waals surface area contributed by atoms with Crippen molar-refractivity contribution in [3.8, 4) is 0 Å². The van der Waals surface area contributed by atoms with E-state index in [1.165, 1.54) is 17.3 Å². The van der Waals surface area contributed by atoms with E-state index < -0.39 is 7.26 Å². The summed E-state index contributed by atoms with van der Waals surface area (Å²) in [6.45, 7) is 19.8. The van der Waals surface area contributed by atoms with Crippen molar-refractivity contribution in [3.05, 3.63) is 24.0 Å². The third kappa shape index (κ3) is 5.60. The second-order valence-electron chi connectivity index (χ2n) is 5.22. The van der Waals surface area contributed by atoms with Gasteiger partial charge in [0.2, 0.25) is 0 Å². The van der Waals surface area contributed by atoms with E-state index in [2.05, 4.69) is 47.0 Å². The lowest BCUT2D eigenvalue weighted by Gasteiger charge is -2.17. The van der Waals surface area contributed by atoms with Gasteiger partial charge in [0.25, 0.3) is 0 Å². The molecular weight excluding hydrogens is 187 g/mol. The highest BCUT2D eigenvalue weighted by Gasteiger charge is 2.22. The van der Waals surface area contributed by atoms with Crippen LogP contribution in [0.4, 0.5) is 0 Å². The Morgan fingerprint density at radius 1 is 1.21 bits per heavy atom. The van der Waals surface area contributed by atoms with Gasteiger partial charge in [-0.1, -0.05) is 39.0 Å². The third-order valence-corrected chi connectivity index (χ3v) is 4.79. The summed E-state index contributed by atoms with van der Waals surface area (Å²) in [7, 11) is -0.868. The molecule has 0 unspecified atom stereocenters. The summed E-state index contributed by atoms with van der Waals surface area (Å²) >= 11 is 0. The summed E-state index contributed by atoms with van der Waals surface area (Å²) in [6.07, 6.45) is 3.45. The Balaban J connectivity index is 4.02. The number of hydrogen-bond donors (Lipinski definition) is 0. The predicted molar refractivity (Wildman–Crippen MR) is 71.7 cm³/mol.